The minimum absolute atomic E-state index is 0.163. The van der Waals surface area contributed by atoms with Crippen molar-refractivity contribution in [1.29, 1.82) is 0 Å². The highest BCUT2D eigenvalue weighted by molar-refractivity contribution is 5.92. The molecule has 0 saturated heterocycles. The number of hydrazone groups is 1. The van der Waals surface area contributed by atoms with Crippen LogP contribution in [-0.2, 0) is 4.79 Å². The van der Waals surface area contributed by atoms with Gasteiger partial charge in [0.15, 0.2) is 18.1 Å². The van der Waals surface area contributed by atoms with Gasteiger partial charge >= 0.3 is 5.97 Å². The lowest BCUT2D eigenvalue weighted by Gasteiger charge is -2.12. The summed E-state index contributed by atoms with van der Waals surface area (Å²) in [5.41, 5.74) is 5.58. The number of nitrogens with zero attached hydrogens (tertiary/aromatic N) is 1. The summed E-state index contributed by atoms with van der Waals surface area (Å²) >= 11 is 0. The first-order chi connectivity index (χ1) is 17.8. The van der Waals surface area contributed by atoms with E-state index in [4.69, 9.17) is 18.9 Å². The van der Waals surface area contributed by atoms with Gasteiger partial charge in [-0.25, -0.2) is 10.2 Å². The molecule has 37 heavy (non-hydrogen) atoms. The molecule has 3 aromatic carbocycles. The van der Waals surface area contributed by atoms with Gasteiger partial charge in [0.1, 0.15) is 11.5 Å². The average molecular weight is 505 g/mol. The van der Waals surface area contributed by atoms with Gasteiger partial charge < -0.3 is 18.9 Å². The second-order valence-corrected chi connectivity index (χ2v) is 8.52. The smallest absolute Gasteiger partial charge is 0.343 e. The normalized spacial score (nSPS) is 10.9. The summed E-state index contributed by atoms with van der Waals surface area (Å²) in [6.07, 6.45) is 1.47. The number of benzene rings is 3. The summed E-state index contributed by atoms with van der Waals surface area (Å²) in [7, 11) is 1.56. The number of methoxy groups -OCH3 is 1. The van der Waals surface area contributed by atoms with Crippen LogP contribution in [-0.4, -0.2) is 38.4 Å². The molecular formula is C29H32N2O6. The Labute approximate surface area is 217 Å². The van der Waals surface area contributed by atoms with Crippen LogP contribution in [0.5, 0.6) is 23.0 Å². The quantitative estimate of drug-likeness (QED) is 0.165. The summed E-state index contributed by atoms with van der Waals surface area (Å²) in [6.45, 7) is 8.18. The van der Waals surface area contributed by atoms with Crippen LogP contribution in [0, 0.1) is 6.92 Å². The Kier molecular flexibility index (Phi) is 9.66. The molecule has 1 amide bonds. The summed E-state index contributed by atoms with van der Waals surface area (Å²) in [5.74, 6) is 1.42. The van der Waals surface area contributed by atoms with Crippen molar-refractivity contribution < 1.29 is 28.5 Å². The fraction of sp³-hybridized carbons (Fsp3) is 0.276. The third kappa shape index (κ3) is 7.83. The van der Waals surface area contributed by atoms with Crippen molar-refractivity contribution >= 4 is 18.1 Å². The maximum Gasteiger partial charge on any atom is 0.343 e. The standard InChI is InChI=1S/C29H32N2O6/c1-6-35-27-15-21(8-14-25(27)37-29(33)22-10-12-24(34-5)13-11-22)17-30-31-28(32)18-36-26-16-23(19(2)3)9-7-20(26)4/h7-17,19H,6,18H2,1-5H3,(H,31,32). The van der Waals surface area contributed by atoms with Gasteiger partial charge in [-0.2, -0.15) is 5.10 Å². The first-order valence-corrected chi connectivity index (χ1v) is 12.0. The molecular weight excluding hydrogens is 472 g/mol. The lowest BCUT2D eigenvalue weighted by molar-refractivity contribution is -0.123. The van der Waals surface area contributed by atoms with E-state index in [0.717, 1.165) is 11.1 Å². The Bertz CT molecular complexity index is 1250. The highest BCUT2D eigenvalue weighted by atomic mass is 16.6. The van der Waals surface area contributed by atoms with Crippen LogP contribution in [0.25, 0.3) is 0 Å². The SMILES string of the molecule is CCOc1cc(C=NNC(=O)COc2cc(C(C)C)ccc2C)ccc1OC(=O)c1ccc(OC)cc1. The van der Waals surface area contributed by atoms with Crippen molar-refractivity contribution in [2.24, 2.45) is 5.10 Å². The van der Waals surface area contributed by atoms with Gasteiger partial charge in [-0.15, -0.1) is 0 Å². The van der Waals surface area contributed by atoms with Crippen LogP contribution in [0.15, 0.2) is 65.8 Å². The molecule has 1 N–H and O–H groups in total. The molecule has 0 aromatic heterocycles. The molecule has 0 heterocycles. The van der Waals surface area contributed by atoms with Gasteiger partial charge in [-0.05, 0) is 85.0 Å². The van der Waals surface area contributed by atoms with Crippen molar-refractivity contribution in [3.05, 3.63) is 82.9 Å². The molecule has 0 radical (unpaired) electrons. The van der Waals surface area contributed by atoms with Gasteiger partial charge in [0, 0.05) is 0 Å². The number of amides is 1. The highest BCUT2D eigenvalue weighted by Gasteiger charge is 2.14. The van der Waals surface area contributed by atoms with Crippen LogP contribution in [0.2, 0.25) is 0 Å². The number of ether oxygens (including phenoxy) is 4. The predicted molar refractivity (Wildman–Crippen MR) is 142 cm³/mol. The molecule has 0 aliphatic heterocycles. The van der Waals surface area contributed by atoms with Crippen molar-refractivity contribution in [2.75, 3.05) is 20.3 Å². The van der Waals surface area contributed by atoms with Crippen LogP contribution in [0.1, 0.15) is 53.7 Å². The number of hydrogen-bond acceptors (Lipinski definition) is 7. The number of carbonyl (C=O) groups excluding carboxylic acids is 2. The van der Waals surface area contributed by atoms with Gasteiger partial charge in [0.05, 0.1) is 25.5 Å². The van der Waals surface area contributed by atoms with Crippen molar-refractivity contribution in [3.8, 4) is 23.0 Å². The first kappa shape index (κ1) is 27.3. The summed E-state index contributed by atoms with van der Waals surface area (Å²) in [5, 5.41) is 4.00. The second kappa shape index (κ2) is 13.1. The van der Waals surface area contributed by atoms with E-state index in [2.05, 4.69) is 30.4 Å². The monoisotopic (exact) mass is 504 g/mol. The van der Waals surface area contributed by atoms with Crippen LogP contribution in [0.3, 0.4) is 0 Å². The molecule has 0 spiro atoms. The zero-order chi connectivity index (χ0) is 26.8. The van der Waals surface area contributed by atoms with E-state index in [-0.39, 0.29) is 18.3 Å². The largest absolute Gasteiger partial charge is 0.497 e. The van der Waals surface area contributed by atoms with Crippen molar-refractivity contribution in [1.82, 2.24) is 5.43 Å². The molecule has 0 unspecified atom stereocenters. The number of carbonyl (C=O) groups is 2. The molecule has 0 aliphatic rings. The average Bonchev–Trinajstić information content (AvgIpc) is 2.89. The maximum absolute atomic E-state index is 12.5. The lowest BCUT2D eigenvalue weighted by Crippen LogP contribution is -2.24. The number of hydrogen-bond donors (Lipinski definition) is 1. The van der Waals surface area contributed by atoms with Crippen LogP contribution >= 0.6 is 0 Å². The Morgan fingerprint density at radius 1 is 0.946 bits per heavy atom. The zero-order valence-corrected chi connectivity index (χ0v) is 21.7. The van der Waals surface area contributed by atoms with Gasteiger partial charge in [-0.3, -0.25) is 4.79 Å². The third-order valence-electron chi connectivity index (χ3n) is 5.44. The van der Waals surface area contributed by atoms with Crippen molar-refractivity contribution in [3.63, 3.8) is 0 Å². The van der Waals surface area contributed by atoms with Gasteiger partial charge in [0.25, 0.3) is 5.91 Å². The summed E-state index contributed by atoms with van der Waals surface area (Å²) in [4.78, 5) is 24.8. The predicted octanol–water partition coefficient (Wildman–Crippen LogP) is 5.27. The molecule has 194 valence electrons. The molecule has 3 aromatic rings. The van der Waals surface area contributed by atoms with Gasteiger partial charge in [0.2, 0.25) is 0 Å². The lowest BCUT2D eigenvalue weighted by atomic mass is 10.0. The number of esters is 1. The van der Waals surface area contributed by atoms with E-state index in [0.29, 0.717) is 40.9 Å². The van der Waals surface area contributed by atoms with Crippen LogP contribution < -0.4 is 24.4 Å². The molecule has 8 nitrogen and oxygen atoms in total. The number of nitrogens with one attached hydrogen (secondary N) is 1. The van der Waals surface area contributed by atoms with Crippen molar-refractivity contribution in [2.45, 2.75) is 33.6 Å². The van der Waals surface area contributed by atoms with E-state index >= 15 is 0 Å². The van der Waals surface area contributed by atoms with E-state index < -0.39 is 5.97 Å². The van der Waals surface area contributed by atoms with E-state index in [1.165, 1.54) is 6.21 Å². The van der Waals surface area contributed by atoms with E-state index in [9.17, 15) is 9.59 Å². The first-order valence-electron chi connectivity index (χ1n) is 12.0. The van der Waals surface area contributed by atoms with Crippen LogP contribution in [0.4, 0.5) is 0 Å². The topological polar surface area (TPSA) is 95.5 Å². The Morgan fingerprint density at radius 2 is 1.70 bits per heavy atom. The molecule has 3 rings (SSSR count). The molecule has 0 fully saturated rings. The number of rotatable bonds is 11. The molecule has 8 heteroatoms. The Hall–Kier alpha value is -4.33. The molecule has 0 saturated carbocycles. The second-order valence-electron chi connectivity index (χ2n) is 8.52. The third-order valence-corrected chi connectivity index (χ3v) is 5.44. The van der Waals surface area contributed by atoms with E-state index in [1.54, 1.807) is 49.6 Å². The number of aryl methyl sites for hydroxylation is 1. The summed E-state index contributed by atoms with van der Waals surface area (Å²) in [6, 6.07) is 17.6. The highest BCUT2D eigenvalue weighted by Crippen LogP contribution is 2.29. The molecule has 0 bridgehead atoms. The fourth-order valence-electron chi connectivity index (χ4n) is 3.33. The zero-order valence-electron chi connectivity index (χ0n) is 21.7. The maximum atomic E-state index is 12.5. The van der Waals surface area contributed by atoms with Gasteiger partial charge in [-0.1, -0.05) is 26.0 Å². The Morgan fingerprint density at radius 3 is 2.38 bits per heavy atom. The molecule has 0 atom stereocenters. The minimum Gasteiger partial charge on any atom is -0.497 e. The summed E-state index contributed by atoms with van der Waals surface area (Å²) < 4.78 is 22.0. The Balaban J connectivity index is 1.60. The van der Waals surface area contributed by atoms with E-state index in [1.807, 2.05) is 26.0 Å². The molecule has 0 aliphatic carbocycles. The fourth-order valence-corrected chi connectivity index (χ4v) is 3.33. The minimum atomic E-state index is -0.522.